The lowest BCUT2D eigenvalue weighted by molar-refractivity contribution is -0.120. The minimum absolute atomic E-state index is 0.0300. The fourth-order valence-electron chi connectivity index (χ4n) is 2.18. The number of nitrogens with zero attached hydrogens (tertiary/aromatic N) is 4. The summed E-state index contributed by atoms with van der Waals surface area (Å²) in [6.45, 7) is 4.67. The van der Waals surface area contributed by atoms with Gasteiger partial charge in [-0.3, -0.25) is 9.78 Å². The van der Waals surface area contributed by atoms with E-state index in [0.717, 1.165) is 18.6 Å². The predicted octanol–water partition coefficient (Wildman–Crippen LogP) is 1.19. The van der Waals surface area contributed by atoms with E-state index in [-0.39, 0.29) is 17.7 Å². The standard InChI is InChI=1S/C13H19N5O/c1-9(2)12-10(4-3-5-14)13(19)18(17-12)11-8-15-6-7-16-11/h6-10H,3-5,14H2,1-2H3. The van der Waals surface area contributed by atoms with Crippen LogP contribution in [-0.4, -0.2) is 28.1 Å². The zero-order valence-electron chi connectivity index (χ0n) is 11.3. The van der Waals surface area contributed by atoms with E-state index in [9.17, 15) is 4.79 Å². The number of carbonyl (C=O) groups is 1. The molecule has 1 aliphatic rings. The summed E-state index contributed by atoms with van der Waals surface area (Å²) in [5, 5.41) is 5.79. The highest BCUT2D eigenvalue weighted by Gasteiger charge is 2.37. The van der Waals surface area contributed by atoms with Crippen LogP contribution in [0.15, 0.2) is 23.7 Å². The topological polar surface area (TPSA) is 84.5 Å². The van der Waals surface area contributed by atoms with Gasteiger partial charge in [0.25, 0.3) is 5.91 Å². The van der Waals surface area contributed by atoms with Gasteiger partial charge in [0.15, 0.2) is 5.82 Å². The summed E-state index contributed by atoms with van der Waals surface area (Å²) < 4.78 is 0. The molecule has 1 atom stereocenters. The number of carbonyl (C=O) groups excluding carboxylic acids is 1. The molecule has 0 fully saturated rings. The summed E-state index contributed by atoms with van der Waals surface area (Å²) in [6, 6.07) is 0. The second-order valence-corrected chi connectivity index (χ2v) is 4.88. The third-order valence-corrected chi connectivity index (χ3v) is 3.13. The molecule has 1 aromatic rings. The first-order valence-electron chi connectivity index (χ1n) is 6.53. The van der Waals surface area contributed by atoms with Crippen LogP contribution in [0.2, 0.25) is 0 Å². The van der Waals surface area contributed by atoms with E-state index in [0.29, 0.717) is 12.4 Å². The minimum Gasteiger partial charge on any atom is -0.330 e. The Morgan fingerprint density at radius 1 is 1.42 bits per heavy atom. The van der Waals surface area contributed by atoms with E-state index in [2.05, 4.69) is 15.1 Å². The predicted molar refractivity (Wildman–Crippen MR) is 73.6 cm³/mol. The highest BCUT2D eigenvalue weighted by molar-refractivity contribution is 6.15. The summed E-state index contributed by atoms with van der Waals surface area (Å²) in [7, 11) is 0. The van der Waals surface area contributed by atoms with Crippen molar-refractivity contribution in [3.8, 4) is 0 Å². The first-order valence-corrected chi connectivity index (χ1v) is 6.53. The zero-order chi connectivity index (χ0) is 13.8. The molecule has 19 heavy (non-hydrogen) atoms. The fraction of sp³-hybridized carbons (Fsp3) is 0.538. The van der Waals surface area contributed by atoms with Gasteiger partial charge in [0.1, 0.15) is 0 Å². The minimum atomic E-state index is -0.175. The summed E-state index contributed by atoms with van der Waals surface area (Å²) in [5.41, 5.74) is 6.44. The van der Waals surface area contributed by atoms with Crippen LogP contribution in [0.1, 0.15) is 26.7 Å². The fourth-order valence-corrected chi connectivity index (χ4v) is 2.18. The maximum Gasteiger partial charge on any atom is 0.257 e. The first-order chi connectivity index (χ1) is 9.15. The molecule has 0 saturated heterocycles. The van der Waals surface area contributed by atoms with E-state index < -0.39 is 0 Å². The van der Waals surface area contributed by atoms with Crippen LogP contribution < -0.4 is 10.7 Å². The van der Waals surface area contributed by atoms with Crippen molar-refractivity contribution in [3.05, 3.63) is 18.6 Å². The van der Waals surface area contributed by atoms with Crippen molar-refractivity contribution < 1.29 is 4.79 Å². The summed E-state index contributed by atoms with van der Waals surface area (Å²) in [6.07, 6.45) is 6.23. The van der Waals surface area contributed by atoms with Gasteiger partial charge in [-0.05, 0) is 25.3 Å². The smallest absolute Gasteiger partial charge is 0.257 e. The molecular weight excluding hydrogens is 242 g/mol. The van der Waals surface area contributed by atoms with Crippen LogP contribution >= 0.6 is 0 Å². The quantitative estimate of drug-likeness (QED) is 0.862. The van der Waals surface area contributed by atoms with Gasteiger partial charge < -0.3 is 5.73 Å². The molecule has 0 radical (unpaired) electrons. The molecule has 0 spiro atoms. The molecule has 6 nitrogen and oxygen atoms in total. The molecule has 0 bridgehead atoms. The Labute approximate surface area is 112 Å². The third-order valence-electron chi connectivity index (χ3n) is 3.13. The van der Waals surface area contributed by atoms with Crippen LogP contribution in [0, 0.1) is 11.8 Å². The molecule has 2 rings (SSSR count). The van der Waals surface area contributed by atoms with Crippen molar-refractivity contribution in [3.63, 3.8) is 0 Å². The first kappa shape index (κ1) is 13.6. The second-order valence-electron chi connectivity index (χ2n) is 4.88. The van der Waals surface area contributed by atoms with Crippen LogP contribution in [0.3, 0.4) is 0 Å². The molecule has 1 amide bonds. The van der Waals surface area contributed by atoms with Crippen LogP contribution in [0.25, 0.3) is 0 Å². The lowest BCUT2D eigenvalue weighted by Crippen LogP contribution is -2.29. The van der Waals surface area contributed by atoms with Crippen molar-refractivity contribution >= 4 is 17.4 Å². The monoisotopic (exact) mass is 261 g/mol. The van der Waals surface area contributed by atoms with E-state index in [4.69, 9.17) is 5.73 Å². The number of rotatable bonds is 5. The summed E-state index contributed by atoms with van der Waals surface area (Å²) >= 11 is 0. The van der Waals surface area contributed by atoms with Gasteiger partial charge in [0.2, 0.25) is 0 Å². The van der Waals surface area contributed by atoms with Crippen molar-refractivity contribution in [2.75, 3.05) is 11.6 Å². The number of amides is 1. The summed E-state index contributed by atoms with van der Waals surface area (Å²) in [5.74, 6) is 0.498. The Morgan fingerprint density at radius 2 is 2.21 bits per heavy atom. The van der Waals surface area contributed by atoms with E-state index in [1.54, 1.807) is 18.6 Å². The van der Waals surface area contributed by atoms with Crippen LogP contribution in [0.5, 0.6) is 0 Å². The zero-order valence-corrected chi connectivity index (χ0v) is 11.3. The number of hydrogen-bond acceptors (Lipinski definition) is 5. The number of hydrogen-bond donors (Lipinski definition) is 1. The lowest BCUT2D eigenvalue weighted by Gasteiger charge is -2.13. The average molecular weight is 261 g/mol. The Bertz CT molecular complexity index is 471. The van der Waals surface area contributed by atoms with E-state index in [1.165, 1.54) is 5.01 Å². The normalized spacial score (nSPS) is 19.2. The van der Waals surface area contributed by atoms with Crippen LogP contribution in [-0.2, 0) is 4.79 Å². The molecular formula is C13H19N5O. The summed E-state index contributed by atoms with van der Waals surface area (Å²) in [4.78, 5) is 20.5. The molecule has 0 aromatic carbocycles. The van der Waals surface area contributed by atoms with E-state index >= 15 is 0 Å². The molecule has 0 saturated carbocycles. The highest BCUT2D eigenvalue weighted by atomic mass is 16.2. The van der Waals surface area contributed by atoms with Crippen molar-refractivity contribution in [2.45, 2.75) is 26.7 Å². The molecule has 1 aromatic heterocycles. The van der Waals surface area contributed by atoms with E-state index in [1.807, 2.05) is 13.8 Å². The average Bonchev–Trinajstić information content (AvgIpc) is 2.75. The Balaban J connectivity index is 2.26. The Kier molecular flexibility index (Phi) is 4.21. The van der Waals surface area contributed by atoms with Gasteiger partial charge in [-0.1, -0.05) is 13.8 Å². The number of hydrazone groups is 1. The largest absolute Gasteiger partial charge is 0.330 e. The molecule has 2 N–H and O–H groups in total. The van der Waals surface area contributed by atoms with Crippen LogP contribution in [0.4, 0.5) is 5.82 Å². The van der Waals surface area contributed by atoms with Gasteiger partial charge in [-0.2, -0.15) is 10.1 Å². The molecule has 2 heterocycles. The third kappa shape index (κ3) is 2.78. The highest BCUT2D eigenvalue weighted by Crippen LogP contribution is 2.27. The Morgan fingerprint density at radius 3 is 2.79 bits per heavy atom. The maximum atomic E-state index is 12.4. The molecule has 6 heteroatoms. The van der Waals surface area contributed by atoms with Gasteiger partial charge in [-0.15, -0.1) is 0 Å². The molecule has 1 unspecified atom stereocenters. The van der Waals surface area contributed by atoms with Gasteiger partial charge in [0, 0.05) is 12.4 Å². The van der Waals surface area contributed by atoms with Crippen molar-refractivity contribution in [1.29, 1.82) is 0 Å². The maximum absolute atomic E-state index is 12.4. The number of anilines is 1. The number of nitrogens with two attached hydrogens (primary N) is 1. The molecule has 0 aliphatic carbocycles. The van der Waals surface area contributed by atoms with Gasteiger partial charge >= 0.3 is 0 Å². The lowest BCUT2D eigenvalue weighted by atomic mass is 9.90. The second kappa shape index (κ2) is 5.88. The van der Waals surface area contributed by atoms with Gasteiger partial charge in [0.05, 0.1) is 17.8 Å². The number of aromatic nitrogens is 2. The molecule has 1 aliphatic heterocycles. The molecule has 102 valence electrons. The van der Waals surface area contributed by atoms with Crippen molar-refractivity contribution in [1.82, 2.24) is 9.97 Å². The Hall–Kier alpha value is -1.82. The van der Waals surface area contributed by atoms with Crippen molar-refractivity contribution in [2.24, 2.45) is 22.7 Å². The SMILES string of the molecule is CC(C)C1=NN(c2cnccn2)C(=O)C1CCCN. The van der Waals surface area contributed by atoms with Gasteiger partial charge in [-0.25, -0.2) is 4.98 Å².